The van der Waals surface area contributed by atoms with Crippen LogP contribution < -0.4 is 4.72 Å². The number of nitrogens with one attached hydrogen (secondary N) is 1. The highest BCUT2D eigenvalue weighted by Gasteiger charge is 2.25. The van der Waals surface area contributed by atoms with Gasteiger partial charge in [-0.3, -0.25) is 0 Å². The number of hydrogen-bond acceptors (Lipinski definition) is 4. The largest absolute Gasteiger partial charge is 0.309 e. The maximum atomic E-state index is 11.9. The number of nitrogens with zero attached hydrogens (tertiary/aromatic N) is 2. The number of likely N-dealkylation sites (tertiary alicyclic amines) is 1. The Morgan fingerprint density at radius 1 is 1.39 bits per heavy atom. The van der Waals surface area contributed by atoms with E-state index in [0.717, 1.165) is 5.56 Å². The highest BCUT2D eigenvalue weighted by molar-refractivity contribution is 7.88. The van der Waals surface area contributed by atoms with Crippen LogP contribution in [-0.4, -0.2) is 32.4 Å². The highest BCUT2D eigenvalue weighted by Crippen LogP contribution is 2.11. The molecule has 96 valence electrons. The molecule has 0 unspecified atom stereocenters. The van der Waals surface area contributed by atoms with Crippen LogP contribution in [0.2, 0.25) is 0 Å². The maximum Gasteiger partial charge on any atom is 0.216 e. The number of hydrogen-bond donors (Lipinski definition) is 1. The van der Waals surface area contributed by atoms with Crippen LogP contribution in [-0.2, 0) is 15.8 Å². The third-order valence-electron chi connectivity index (χ3n) is 2.88. The summed E-state index contributed by atoms with van der Waals surface area (Å²) < 4.78 is 26.5. The van der Waals surface area contributed by atoms with Gasteiger partial charge in [-0.1, -0.05) is 30.3 Å². The van der Waals surface area contributed by atoms with Gasteiger partial charge < -0.3 is 4.90 Å². The second-order valence-electron chi connectivity index (χ2n) is 4.39. The molecule has 1 heterocycles. The van der Waals surface area contributed by atoms with E-state index in [1.165, 1.54) is 0 Å². The Hall–Kier alpha value is -1.58. The van der Waals surface area contributed by atoms with Crippen LogP contribution in [0.25, 0.3) is 0 Å². The average Bonchev–Trinajstić information content (AvgIpc) is 2.76. The smallest absolute Gasteiger partial charge is 0.216 e. The molecule has 1 aliphatic rings. The second-order valence-corrected chi connectivity index (χ2v) is 6.15. The quantitative estimate of drug-likeness (QED) is 0.812. The molecule has 5 nitrogen and oxygen atoms in total. The van der Waals surface area contributed by atoms with Crippen LogP contribution in [0.3, 0.4) is 0 Å². The molecule has 1 fully saturated rings. The van der Waals surface area contributed by atoms with E-state index in [1.54, 1.807) is 17.0 Å². The molecule has 1 aromatic rings. The molecule has 6 heteroatoms. The van der Waals surface area contributed by atoms with Crippen LogP contribution in [0.5, 0.6) is 0 Å². The predicted molar refractivity (Wildman–Crippen MR) is 67.8 cm³/mol. The van der Waals surface area contributed by atoms with Crippen LogP contribution in [0.15, 0.2) is 30.3 Å². The molecule has 0 amide bonds. The van der Waals surface area contributed by atoms with Gasteiger partial charge in [0, 0.05) is 19.1 Å². The fraction of sp³-hybridized carbons (Fsp3) is 0.417. The summed E-state index contributed by atoms with van der Waals surface area (Å²) >= 11 is 0. The van der Waals surface area contributed by atoms with Crippen molar-refractivity contribution >= 4 is 10.0 Å². The Kier molecular flexibility index (Phi) is 3.84. The minimum atomic E-state index is -3.34. The molecule has 2 rings (SSSR count). The first-order chi connectivity index (χ1) is 8.59. The van der Waals surface area contributed by atoms with E-state index >= 15 is 0 Å². The predicted octanol–water partition coefficient (Wildman–Crippen LogP) is 0.661. The first kappa shape index (κ1) is 12.9. The number of rotatable bonds is 4. The minimum absolute atomic E-state index is 0.0170. The van der Waals surface area contributed by atoms with Crippen molar-refractivity contribution in [3.63, 3.8) is 0 Å². The van der Waals surface area contributed by atoms with Crippen molar-refractivity contribution in [3.05, 3.63) is 35.9 Å². The summed E-state index contributed by atoms with van der Waals surface area (Å²) in [6.45, 7) is 1.08. The molecule has 1 aromatic carbocycles. The van der Waals surface area contributed by atoms with Gasteiger partial charge in [-0.2, -0.15) is 5.26 Å². The van der Waals surface area contributed by atoms with Crippen molar-refractivity contribution in [1.29, 1.82) is 5.26 Å². The van der Waals surface area contributed by atoms with Gasteiger partial charge in [-0.25, -0.2) is 13.1 Å². The lowest BCUT2D eigenvalue weighted by atomic mass is 10.2. The van der Waals surface area contributed by atoms with Crippen molar-refractivity contribution in [1.82, 2.24) is 9.62 Å². The monoisotopic (exact) mass is 265 g/mol. The Labute approximate surface area is 107 Å². The van der Waals surface area contributed by atoms with E-state index < -0.39 is 10.0 Å². The molecule has 0 aromatic heterocycles. The van der Waals surface area contributed by atoms with E-state index in [4.69, 9.17) is 5.26 Å². The molecule has 1 aliphatic heterocycles. The Morgan fingerprint density at radius 3 is 2.72 bits per heavy atom. The van der Waals surface area contributed by atoms with Crippen molar-refractivity contribution in [3.8, 4) is 6.19 Å². The second kappa shape index (κ2) is 5.38. The lowest BCUT2D eigenvalue weighted by Gasteiger charge is -2.12. The average molecular weight is 265 g/mol. The Balaban J connectivity index is 1.95. The molecule has 1 saturated heterocycles. The van der Waals surface area contributed by atoms with Gasteiger partial charge in [-0.15, -0.1) is 0 Å². The summed E-state index contributed by atoms with van der Waals surface area (Å²) in [5.74, 6) is -0.0170. The molecule has 1 atom stereocenters. The first-order valence-corrected chi connectivity index (χ1v) is 7.43. The van der Waals surface area contributed by atoms with Gasteiger partial charge in [0.1, 0.15) is 0 Å². The molecular weight excluding hydrogens is 250 g/mol. The maximum absolute atomic E-state index is 11.9. The Bertz CT molecular complexity index is 536. The zero-order chi connectivity index (χ0) is 13.0. The van der Waals surface area contributed by atoms with Crippen LogP contribution in [0.1, 0.15) is 12.0 Å². The molecule has 0 radical (unpaired) electrons. The number of sulfonamides is 1. The lowest BCUT2D eigenvalue weighted by Crippen LogP contribution is -2.37. The molecular formula is C12H15N3O2S. The molecule has 0 saturated carbocycles. The summed E-state index contributed by atoms with van der Waals surface area (Å²) in [6.07, 6.45) is 2.71. The van der Waals surface area contributed by atoms with E-state index in [2.05, 4.69) is 4.72 Å². The molecule has 1 N–H and O–H groups in total. The third kappa shape index (κ3) is 3.45. The summed E-state index contributed by atoms with van der Waals surface area (Å²) in [5, 5.41) is 8.72. The third-order valence-corrected chi connectivity index (χ3v) is 4.28. The van der Waals surface area contributed by atoms with Crippen molar-refractivity contribution < 1.29 is 8.42 Å². The Morgan fingerprint density at radius 2 is 2.11 bits per heavy atom. The van der Waals surface area contributed by atoms with Gasteiger partial charge in [0.25, 0.3) is 0 Å². The van der Waals surface area contributed by atoms with E-state index in [0.29, 0.717) is 19.5 Å². The fourth-order valence-corrected chi connectivity index (χ4v) is 3.45. The summed E-state index contributed by atoms with van der Waals surface area (Å²) in [5.41, 5.74) is 0.764. The fourth-order valence-electron chi connectivity index (χ4n) is 2.04. The van der Waals surface area contributed by atoms with E-state index in [1.807, 2.05) is 24.4 Å². The van der Waals surface area contributed by atoms with Gasteiger partial charge in [0.05, 0.1) is 5.75 Å². The van der Waals surface area contributed by atoms with Crippen LogP contribution in [0, 0.1) is 11.5 Å². The number of benzene rings is 1. The van der Waals surface area contributed by atoms with E-state index in [-0.39, 0.29) is 11.8 Å². The normalized spacial score (nSPS) is 19.7. The summed E-state index contributed by atoms with van der Waals surface area (Å²) in [7, 11) is -3.34. The molecule has 0 aliphatic carbocycles. The summed E-state index contributed by atoms with van der Waals surface area (Å²) in [6, 6.07) is 8.91. The van der Waals surface area contributed by atoms with Crippen LogP contribution in [0.4, 0.5) is 0 Å². The van der Waals surface area contributed by atoms with Crippen LogP contribution >= 0.6 is 0 Å². The SMILES string of the molecule is N#CN1CC[C@H](NS(=O)(=O)Cc2ccccc2)C1. The van der Waals surface area contributed by atoms with Gasteiger partial charge in [0.2, 0.25) is 10.0 Å². The van der Waals surface area contributed by atoms with Gasteiger partial charge in [0.15, 0.2) is 6.19 Å². The lowest BCUT2D eigenvalue weighted by molar-refractivity contribution is 0.470. The van der Waals surface area contributed by atoms with Crippen molar-refractivity contribution in [2.24, 2.45) is 0 Å². The minimum Gasteiger partial charge on any atom is -0.309 e. The zero-order valence-electron chi connectivity index (χ0n) is 9.91. The van der Waals surface area contributed by atoms with Crippen molar-refractivity contribution in [2.45, 2.75) is 18.2 Å². The standard InChI is InChI=1S/C12H15N3O2S/c13-10-15-7-6-12(8-15)14-18(16,17)9-11-4-2-1-3-5-11/h1-5,12,14H,6-9H2/t12-/m0/s1. The van der Waals surface area contributed by atoms with Gasteiger partial charge in [-0.05, 0) is 12.0 Å². The number of nitriles is 1. The van der Waals surface area contributed by atoms with Gasteiger partial charge >= 0.3 is 0 Å². The van der Waals surface area contributed by atoms with Crippen molar-refractivity contribution in [2.75, 3.05) is 13.1 Å². The zero-order valence-corrected chi connectivity index (χ0v) is 10.7. The molecule has 18 heavy (non-hydrogen) atoms. The topological polar surface area (TPSA) is 73.2 Å². The van der Waals surface area contributed by atoms with E-state index in [9.17, 15) is 8.42 Å². The first-order valence-electron chi connectivity index (χ1n) is 5.78. The summed E-state index contributed by atoms with van der Waals surface area (Å²) in [4.78, 5) is 1.57. The highest BCUT2D eigenvalue weighted by atomic mass is 32.2. The molecule has 0 bridgehead atoms. The molecule has 0 spiro atoms.